The molecule has 0 unspecified atom stereocenters. The molecule has 20 heavy (non-hydrogen) atoms. The van der Waals surface area contributed by atoms with Gasteiger partial charge < -0.3 is 5.11 Å². The predicted octanol–water partition coefficient (Wildman–Crippen LogP) is 2.81. The summed E-state index contributed by atoms with van der Waals surface area (Å²) in [4.78, 5) is 15.4. The van der Waals surface area contributed by atoms with Crippen molar-refractivity contribution in [3.8, 4) is 27.8 Å². The van der Waals surface area contributed by atoms with Crippen molar-refractivity contribution in [2.45, 2.75) is 0 Å². The summed E-state index contributed by atoms with van der Waals surface area (Å²) in [6.45, 7) is 0. The lowest BCUT2D eigenvalue weighted by molar-refractivity contribution is -0.385. The van der Waals surface area contributed by atoms with E-state index in [1.165, 1.54) is 29.5 Å². The number of phenols is 1. The van der Waals surface area contributed by atoms with E-state index in [0.717, 1.165) is 4.88 Å². The first kappa shape index (κ1) is 12.3. The topological polar surface area (TPSA) is 105 Å². The fraction of sp³-hybridized carbons (Fsp3) is 0. The van der Waals surface area contributed by atoms with Crippen molar-refractivity contribution < 1.29 is 10.0 Å². The minimum absolute atomic E-state index is 0.344. The van der Waals surface area contributed by atoms with E-state index in [9.17, 15) is 15.2 Å². The van der Waals surface area contributed by atoms with Gasteiger partial charge in [-0.2, -0.15) is 5.10 Å². The molecule has 2 heterocycles. The van der Waals surface area contributed by atoms with Gasteiger partial charge in [0.05, 0.1) is 9.80 Å². The molecule has 0 fully saturated rings. The van der Waals surface area contributed by atoms with Crippen molar-refractivity contribution in [2.24, 2.45) is 0 Å². The Morgan fingerprint density at radius 3 is 2.90 bits per heavy atom. The largest absolute Gasteiger partial charge is 0.502 e. The van der Waals surface area contributed by atoms with E-state index < -0.39 is 4.92 Å². The molecule has 0 saturated carbocycles. The lowest BCUT2D eigenvalue weighted by atomic mass is 10.2. The average molecular weight is 288 g/mol. The SMILES string of the molecule is O=[N+]([O-])c1cc(-c2n[nH]c(-c3cccs3)n2)ccc1O. The molecule has 0 spiro atoms. The number of rotatable bonds is 3. The van der Waals surface area contributed by atoms with Crippen LogP contribution in [0, 0.1) is 10.1 Å². The highest BCUT2D eigenvalue weighted by Crippen LogP contribution is 2.31. The molecule has 0 atom stereocenters. The zero-order valence-electron chi connectivity index (χ0n) is 9.98. The van der Waals surface area contributed by atoms with E-state index in [4.69, 9.17) is 0 Å². The number of benzene rings is 1. The van der Waals surface area contributed by atoms with Gasteiger partial charge in [-0.1, -0.05) is 6.07 Å². The highest BCUT2D eigenvalue weighted by Gasteiger charge is 2.16. The van der Waals surface area contributed by atoms with Crippen molar-refractivity contribution in [2.75, 3.05) is 0 Å². The maximum Gasteiger partial charge on any atom is 0.311 e. The second kappa shape index (κ2) is 4.74. The predicted molar refractivity (Wildman–Crippen MR) is 73.5 cm³/mol. The van der Waals surface area contributed by atoms with Gasteiger partial charge in [0.25, 0.3) is 0 Å². The van der Waals surface area contributed by atoms with Crippen LogP contribution in [0.5, 0.6) is 5.75 Å². The van der Waals surface area contributed by atoms with Crippen LogP contribution >= 0.6 is 11.3 Å². The Hall–Kier alpha value is -2.74. The van der Waals surface area contributed by atoms with Gasteiger partial charge in [-0.15, -0.1) is 11.3 Å². The first-order valence-electron chi connectivity index (χ1n) is 5.59. The molecule has 3 aromatic rings. The van der Waals surface area contributed by atoms with E-state index in [2.05, 4.69) is 15.2 Å². The minimum Gasteiger partial charge on any atom is -0.502 e. The lowest BCUT2D eigenvalue weighted by Crippen LogP contribution is -1.90. The van der Waals surface area contributed by atoms with Crippen LogP contribution < -0.4 is 0 Å². The zero-order chi connectivity index (χ0) is 14.1. The van der Waals surface area contributed by atoms with Crippen LogP contribution in [-0.4, -0.2) is 25.2 Å². The molecule has 0 aliphatic rings. The Balaban J connectivity index is 2.02. The Morgan fingerprint density at radius 1 is 1.35 bits per heavy atom. The van der Waals surface area contributed by atoms with Gasteiger partial charge in [-0.05, 0) is 23.6 Å². The first-order chi connectivity index (χ1) is 9.65. The van der Waals surface area contributed by atoms with Gasteiger partial charge in [0.1, 0.15) is 0 Å². The van der Waals surface area contributed by atoms with Crippen molar-refractivity contribution >= 4 is 17.0 Å². The molecule has 1 aromatic carbocycles. The number of H-pyrrole nitrogens is 1. The first-order valence-corrected chi connectivity index (χ1v) is 6.47. The van der Waals surface area contributed by atoms with Crippen LogP contribution in [0.4, 0.5) is 5.69 Å². The number of aromatic hydroxyl groups is 1. The van der Waals surface area contributed by atoms with E-state index in [1.54, 1.807) is 0 Å². The number of nitro benzene ring substituents is 1. The summed E-state index contributed by atoms with van der Waals surface area (Å²) in [6.07, 6.45) is 0. The van der Waals surface area contributed by atoms with Gasteiger partial charge in [0.2, 0.25) is 0 Å². The molecule has 0 aliphatic heterocycles. The Kier molecular flexibility index (Phi) is 2.92. The molecule has 3 rings (SSSR count). The van der Waals surface area contributed by atoms with Gasteiger partial charge in [-0.25, -0.2) is 4.98 Å². The molecular weight excluding hydrogens is 280 g/mol. The Bertz CT molecular complexity index is 767. The Labute approximate surface area is 116 Å². The number of hydrogen-bond donors (Lipinski definition) is 2. The maximum absolute atomic E-state index is 10.8. The summed E-state index contributed by atoms with van der Waals surface area (Å²) < 4.78 is 0. The van der Waals surface area contributed by atoms with Crippen LogP contribution in [-0.2, 0) is 0 Å². The lowest BCUT2D eigenvalue weighted by Gasteiger charge is -1.98. The fourth-order valence-electron chi connectivity index (χ4n) is 1.72. The normalized spacial score (nSPS) is 10.6. The molecule has 0 aliphatic carbocycles. The monoisotopic (exact) mass is 288 g/mol. The summed E-state index contributed by atoms with van der Waals surface area (Å²) in [6, 6.07) is 7.83. The van der Waals surface area contributed by atoms with Crippen LogP contribution in [0.1, 0.15) is 0 Å². The van der Waals surface area contributed by atoms with Crippen molar-refractivity contribution in [1.82, 2.24) is 15.2 Å². The van der Waals surface area contributed by atoms with Crippen molar-refractivity contribution in [3.63, 3.8) is 0 Å². The summed E-state index contributed by atoms with van der Waals surface area (Å²) in [5.41, 5.74) is 0.0959. The summed E-state index contributed by atoms with van der Waals surface area (Å²) in [5.74, 6) is 0.565. The highest BCUT2D eigenvalue weighted by atomic mass is 32.1. The molecule has 8 heteroatoms. The molecule has 0 amide bonds. The van der Waals surface area contributed by atoms with Gasteiger partial charge in [0, 0.05) is 11.6 Å². The van der Waals surface area contributed by atoms with Crippen molar-refractivity contribution in [1.29, 1.82) is 0 Å². The number of aromatic amines is 1. The second-order valence-corrected chi connectivity index (χ2v) is 4.89. The third-order valence-electron chi connectivity index (χ3n) is 2.67. The quantitative estimate of drug-likeness (QED) is 0.569. The fourth-order valence-corrected chi connectivity index (χ4v) is 2.39. The third-order valence-corrected chi connectivity index (χ3v) is 3.55. The minimum atomic E-state index is -0.647. The number of nitro groups is 1. The number of nitrogens with zero attached hydrogens (tertiary/aromatic N) is 3. The van der Waals surface area contributed by atoms with E-state index in [0.29, 0.717) is 17.2 Å². The summed E-state index contributed by atoms with van der Waals surface area (Å²) >= 11 is 1.51. The highest BCUT2D eigenvalue weighted by molar-refractivity contribution is 7.13. The molecule has 0 saturated heterocycles. The van der Waals surface area contributed by atoms with Gasteiger partial charge >= 0.3 is 5.69 Å². The van der Waals surface area contributed by atoms with Gasteiger partial charge in [-0.3, -0.25) is 15.2 Å². The average Bonchev–Trinajstić information content (AvgIpc) is 3.09. The van der Waals surface area contributed by atoms with E-state index >= 15 is 0 Å². The van der Waals surface area contributed by atoms with E-state index in [-0.39, 0.29) is 11.4 Å². The molecule has 2 aromatic heterocycles. The maximum atomic E-state index is 10.8. The molecule has 100 valence electrons. The zero-order valence-corrected chi connectivity index (χ0v) is 10.8. The molecule has 2 N–H and O–H groups in total. The van der Waals surface area contributed by atoms with Crippen LogP contribution in [0.15, 0.2) is 35.7 Å². The smallest absolute Gasteiger partial charge is 0.311 e. The van der Waals surface area contributed by atoms with E-state index in [1.807, 2.05) is 17.5 Å². The van der Waals surface area contributed by atoms with Gasteiger partial charge in [0.15, 0.2) is 17.4 Å². The molecule has 7 nitrogen and oxygen atoms in total. The number of phenolic OH excluding ortho intramolecular Hbond substituents is 1. The molecule has 0 radical (unpaired) electrons. The number of aromatic nitrogens is 3. The molecule has 0 bridgehead atoms. The summed E-state index contributed by atoms with van der Waals surface area (Å²) in [7, 11) is 0. The Morgan fingerprint density at radius 2 is 2.20 bits per heavy atom. The van der Waals surface area contributed by atoms with Crippen LogP contribution in [0.3, 0.4) is 0 Å². The number of hydrogen-bond acceptors (Lipinski definition) is 6. The number of thiophene rings is 1. The van der Waals surface area contributed by atoms with Crippen LogP contribution in [0.2, 0.25) is 0 Å². The summed E-state index contributed by atoms with van der Waals surface area (Å²) in [5, 5.41) is 29.0. The van der Waals surface area contributed by atoms with Crippen LogP contribution in [0.25, 0.3) is 22.1 Å². The second-order valence-electron chi connectivity index (χ2n) is 3.95. The third kappa shape index (κ3) is 2.12. The molecular formula is C12H8N4O3S. The standard InChI is InChI=1S/C12H8N4O3S/c17-9-4-3-7(6-8(9)16(18)19)11-13-12(15-14-11)10-2-1-5-20-10/h1-6,17H,(H,13,14,15). The number of nitrogens with one attached hydrogen (secondary N) is 1. The van der Waals surface area contributed by atoms with Crippen molar-refractivity contribution in [3.05, 3.63) is 45.8 Å².